The molecule has 1 aliphatic heterocycles. The van der Waals surface area contributed by atoms with E-state index in [0.29, 0.717) is 36.4 Å². The van der Waals surface area contributed by atoms with Gasteiger partial charge in [-0.1, -0.05) is 41.0 Å². The summed E-state index contributed by atoms with van der Waals surface area (Å²) >= 11 is 7.84. The first kappa shape index (κ1) is 24.7. The Morgan fingerprint density at radius 1 is 1.26 bits per heavy atom. The number of piperidine rings is 1. The largest absolute Gasteiger partial charge is 0.356 e. The number of aromatic nitrogens is 2. The van der Waals surface area contributed by atoms with E-state index in [9.17, 15) is 9.18 Å². The second-order valence-electron chi connectivity index (χ2n) is 8.42. The Hall–Kier alpha value is -2.42. The molecule has 1 atom stereocenters. The Morgan fingerprint density at radius 3 is 2.94 bits per heavy atom. The van der Waals surface area contributed by atoms with E-state index in [1.807, 2.05) is 24.3 Å². The van der Waals surface area contributed by atoms with Crippen molar-refractivity contribution in [2.75, 3.05) is 25.4 Å². The summed E-state index contributed by atoms with van der Waals surface area (Å²) in [6, 6.07) is 13.9. The van der Waals surface area contributed by atoms with E-state index in [-0.39, 0.29) is 17.6 Å². The summed E-state index contributed by atoms with van der Waals surface area (Å²) in [5.41, 5.74) is 1.92. The fourth-order valence-electron chi connectivity index (χ4n) is 3.97. The van der Waals surface area contributed by atoms with Gasteiger partial charge in [0.05, 0.1) is 12.5 Å². The van der Waals surface area contributed by atoms with E-state index in [2.05, 4.69) is 20.4 Å². The monoisotopic (exact) mass is 502 g/mol. The van der Waals surface area contributed by atoms with Gasteiger partial charge in [0.15, 0.2) is 0 Å². The maximum absolute atomic E-state index is 13.0. The minimum atomic E-state index is -0.211. The van der Waals surface area contributed by atoms with Gasteiger partial charge >= 0.3 is 0 Å². The molecule has 1 fully saturated rings. The average Bonchev–Trinajstić information content (AvgIpc) is 3.31. The molecule has 1 unspecified atom stereocenters. The number of hydrogen-bond donors (Lipinski definition) is 1. The summed E-state index contributed by atoms with van der Waals surface area (Å²) in [4.78, 5) is 19.3. The molecule has 0 spiro atoms. The summed E-state index contributed by atoms with van der Waals surface area (Å²) in [6.07, 6.45) is 2.75. The van der Waals surface area contributed by atoms with Gasteiger partial charge < -0.3 is 9.84 Å². The van der Waals surface area contributed by atoms with Crippen LogP contribution in [0.15, 0.2) is 53.1 Å². The standard InChI is InChI=1S/C25H28ClFN4O2S/c26-21-6-1-4-19(14-21)24-29-23(33-30-24)16-31-12-2-5-20(15-31)25(32)28-11-3-13-34-17-18-7-9-22(27)10-8-18/h1,4,6-10,14,20H,2-3,5,11-13,15-17H2,(H,28,32). The van der Waals surface area contributed by atoms with Gasteiger partial charge in [0.2, 0.25) is 17.6 Å². The highest BCUT2D eigenvalue weighted by atomic mass is 35.5. The number of nitrogens with zero attached hydrogens (tertiary/aromatic N) is 3. The Labute approximate surface area is 208 Å². The van der Waals surface area contributed by atoms with E-state index < -0.39 is 0 Å². The first-order valence-electron chi connectivity index (χ1n) is 11.5. The van der Waals surface area contributed by atoms with Crippen LogP contribution in [0.4, 0.5) is 4.39 Å². The number of rotatable bonds is 10. The number of nitrogens with one attached hydrogen (secondary N) is 1. The molecule has 4 rings (SSSR count). The highest BCUT2D eigenvalue weighted by Crippen LogP contribution is 2.22. The zero-order chi connectivity index (χ0) is 23.8. The first-order chi connectivity index (χ1) is 16.6. The molecular formula is C25H28ClFN4O2S. The number of likely N-dealkylation sites (tertiary alicyclic amines) is 1. The first-order valence-corrected chi connectivity index (χ1v) is 13.0. The van der Waals surface area contributed by atoms with Crippen LogP contribution in [0.25, 0.3) is 11.4 Å². The van der Waals surface area contributed by atoms with Gasteiger partial charge in [-0.3, -0.25) is 9.69 Å². The topological polar surface area (TPSA) is 71.3 Å². The number of hydrogen-bond acceptors (Lipinski definition) is 6. The Balaban J connectivity index is 1.16. The molecule has 0 saturated carbocycles. The molecule has 2 heterocycles. The van der Waals surface area contributed by atoms with Crippen molar-refractivity contribution in [1.29, 1.82) is 0 Å². The number of halogens is 2. The molecule has 0 bridgehead atoms. The summed E-state index contributed by atoms with van der Waals surface area (Å²) in [6.45, 7) is 2.77. The maximum Gasteiger partial charge on any atom is 0.241 e. The Morgan fingerprint density at radius 2 is 2.12 bits per heavy atom. The summed E-state index contributed by atoms with van der Waals surface area (Å²) in [5, 5.41) is 7.77. The van der Waals surface area contributed by atoms with Crippen molar-refractivity contribution in [3.63, 3.8) is 0 Å². The zero-order valence-electron chi connectivity index (χ0n) is 18.9. The third kappa shape index (κ3) is 7.29. The van der Waals surface area contributed by atoms with Gasteiger partial charge in [0, 0.05) is 29.4 Å². The average molecular weight is 503 g/mol. The van der Waals surface area contributed by atoms with Gasteiger partial charge in [-0.25, -0.2) is 4.39 Å². The van der Waals surface area contributed by atoms with Crippen molar-refractivity contribution in [1.82, 2.24) is 20.4 Å². The van der Waals surface area contributed by atoms with Crippen LogP contribution >= 0.6 is 23.4 Å². The molecular weight excluding hydrogens is 475 g/mol. The molecule has 2 aromatic carbocycles. The number of amides is 1. The normalized spacial score (nSPS) is 16.5. The van der Waals surface area contributed by atoms with Crippen LogP contribution in [-0.2, 0) is 17.1 Å². The molecule has 9 heteroatoms. The fourth-order valence-corrected chi connectivity index (χ4v) is 5.08. The van der Waals surface area contributed by atoms with Crippen molar-refractivity contribution < 1.29 is 13.7 Å². The van der Waals surface area contributed by atoms with Gasteiger partial charge in [-0.05, 0) is 61.4 Å². The lowest BCUT2D eigenvalue weighted by Gasteiger charge is -2.30. The second-order valence-corrected chi connectivity index (χ2v) is 9.96. The molecule has 180 valence electrons. The molecule has 0 aliphatic carbocycles. The number of carbonyl (C=O) groups excluding carboxylic acids is 1. The van der Waals surface area contributed by atoms with Crippen molar-refractivity contribution in [3.8, 4) is 11.4 Å². The maximum atomic E-state index is 13.0. The van der Waals surface area contributed by atoms with Gasteiger partial charge in [0.1, 0.15) is 5.82 Å². The molecule has 0 radical (unpaired) electrons. The Kier molecular flexibility index (Phi) is 8.96. The molecule has 1 aromatic heterocycles. The van der Waals surface area contributed by atoms with Crippen LogP contribution in [0, 0.1) is 11.7 Å². The van der Waals surface area contributed by atoms with Crippen LogP contribution in [0.5, 0.6) is 0 Å². The smallest absolute Gasteiger partial charge is 0.241 e. The van der Waals surface area contributed by atoms with E-state index >= 15 is 0 Å². The molecule has 1 amide bonds. The lowest BCUT2D eigenvalue weighted by atomic mass is 9.97. The van der Waals surface area contributed by atoms with Crippen LogP contribution in [0.3, 0.4) is 0 Å². The quantitative estimate of drug-likeness (QED) is 0.385. The third-order valence-corrected chi connectivity index (χ3v) is 7.08. The Bertz CT molecular complexity index is 1080. The van der Waals surface area contributed by atoms with Crippen LogP contribution in [0.1, 0.15) is 30.7 Å². The highest BCUT2D eigenvalue weighted by Gasteiger charge is 2.26. The van der Waals surface area contributed by atoms with Crippen molar-refractivity contribution in [3.05, 3.63) is 70.8 Å². The predicted molar refractivity (Wildman–Crippen MR) is 133 cm³/mol. The SMILES string of the molecule is O=C(NCCCSCc1ccc(F)cc1)C1CCCN(Cc2nc(-c3cccc(Cl)c3)no2)C1. The van der Waals surface area contributed by atoms with Gasteiger partial charge in [-0.2, -0.15) is 16.7 Å². The van der Waals surface area contributed by atoms with Crippen molar-refractivity contribution in [2.45, 2.75) is 31.6 Å². The minimum absolute atomic E-state index is 0.0315. The lowest BCUT2D eigenvalue weighted by molar-refractivity contribution is -0.126. The second kappa shape index (κ2) is 12.3. The molecule has 1 saturated heterocycles. The van der Waals surface area contributed by atoms with E-state index in [4.69, 9.17) is 16.1 Å². The summed E-state index contributed by atoms with van der Waals surface area (Å²) < 4.78 is 18.4. The number of benzene rings is 2. The van der Waals surface area contributed by atoms with Crippen molar-refractivity contribution in [2.24, 2.45) is 5.92 Å². The fraction of sp³-hybridized carbons (Fsp3) is 0.400. The van der Waals surface area contributed by atoms with Crippen LogP contribution in [-0.4, -0.2) is 46.3 Å². The van der Waals surface area contributed by atoms with Gasteiger partial charge in [0.25, 0.3) is 0 Å². The molecule has 3 aromatic rings. The summed E-state index contributed by atoms with van der Waals surface area (Å²) in [5.74, 6) is 2.71. The van der Waals surface area contributed by atoms with Crippen molar-refractivity contribution >= 4 is 29.3 Å². The summed E-state index contributed by atoms with van der Waals surface area (Å²) in [7, 11) is 0. The third-order valence-electron chi connectivity index (χ3n) is 5.73. The van der Waals surface area contributed by atoms with E-state index in [0.717, 1.165) is 48.4 Å². The highest BCUT2D eigenvalue weighted by molar-refractivity contribution is 7.98. The van der Waals surface area contributed by atoms with E-state index in [1.54, 1.807) is 23.9 Å². The molecule has 1 N–H and O–H groups in total. The van der Waals surface area contributed by atoms with E-state index in [1.165, 1.54) is 12.1 Å². The lowest BCUT2D eigenvalue weighted by Crippen LogP contribution is -2.43. The molecule has 34 heavy (non-hydrogen) atoms. The molecule has 1 aliphatic rings. The predicted octanol–water partition coefficient (Wildman–Crippen LogP) is 5.18. The minimum Gasteiger partial charge on any atom is -0.356 e. The zero-order valence-corrected chi connectivity index (χ0v) is 20.5. The van der Waals surface area contributed by atoms with Crippen LogP contribution < -0.4 is 5.32 Å². The number of thioether (sulfide) groups is 1. The molecule has 6 nitrogen and oxygen atoms in total. The number of carbonyl (C=O) groups is 1. The van der Waals surface area contributed by atoms with Gasteiger partial charge in [-0.15, -0.1) is 0 Å². The van der Waals surface area contributed by atoms with Crippen LogP contribution in [0.2, 0.25) is 5.02 Å².